The van der Waals surface area contributed by atoms with Crippen LogP contribution in [0, 0.1) is 0 Å². The highest BCUT2D eigenvalue weighted by molar-refractivity contribution is 5.22. The van der Waals surface area contributed by atoms with E-state index in [1.54, 1.807) is 0 Å². The van der Waals surface area contributed by atoms with Crippen molar-refractivity contribution in [3.8, 4) is 0 Å². The van der Waals surface area contributed by atoms with E-state index in [0.29, 0.717) is 5.56 Å². The summed E-state index contributed by atoms with van der Waals surface area (Å²) < 4.78 is 26.1. The molecule has 0 fully saturated rings. The smallest absolute Gasteiger partial charge is 0.267 e. The Hall–Kier alpha value is -0.930. The molecule has 1 heterocycles. The fraction of sp³-hybridized carbons (Fsp3) is 0.625. The average molecular weight is 174 g/mol. The summed E-state index contributed by atoms with van der Waals surface area (Å²) in [6, 6.07) is 0. The van der Waals surface area contributed by atoms with Gasteiger partial charge >= 0.3 is 0 Å². The Bertz CT molecular complexity index is 266. The molecule has 1 aromatic rings. The first-order chi connectivity index (χ1) is 5.54. The second kappa shape index (κ2) is 3.21. The van der Waals surface area contributed by atoms with E-state index in [9.17, 15) is 8.78 Å². The predicted molar refractivity (Wildman–Crippen MR) is 42.3 cm³/mol. The van der Waals surface area contributed by atoms with Crippen molar-refractivity contribution in [3.05, 3.63) is 17.5 Å². The summed E-state index contributed by atoms with van der Waals surface area (Å²) in [6.07, 6.45) is -0.929. The summed E-state index contributed by atoms with van der Waals surface area (Å²) in [4.78, 5) is 0. The Kier molecular flexibility index (Phi) is 2.45. The second-order valence-corrected chi connectivity index (χ2v) is 3.06. The van der Waals surface area contributed by atoms with Crippen LogP contribution in [0.1, 0.15) is 37.4 Å². The molecule has 0 atom stereocenters. The van der Waals surface area contributed by atoms with E-state index in [0.717, 1.165) is 0 Å². The van der Waals surface area contributed by atoms with Crippen molar-refractivity contribution in [2.75, 3.05) is 0 Å². The molecule has 1 rings (SSSR count). The Morgan fingerprint density at radius 3 is 2.33 bits per heavy atom. The first-order valence-electron chi connectivity index (χ1n) is 3.84. The molecule has 0 N–H and O–H groups in total. The number of nitrogens with zero attached hydrogens (tertiary/aromatic N) is 2. The Balaban J connectivity index is 3.12. The molecule has 0 bridgehead atoms. The molecule has 2 nitrogen and oxygen atoms in total. The third kappa shape index (κ3) is 1.47. The zero-order valence-electron chi connectivity index (χ0n) is 7.38. The molecule has 0 radical (unpaired) electrons. The van der Waals surface area contributed by atoms with Crippen LogP contribution in [0.3, 0.4) is 0 Å². The molecule has 0 spiro atoms. The van der Waals surface area contributed by atoms with Crippen molar-refractivity contribution in [2.45, 2.75) is 26.2 Å². The van der Waals surface area contributed by atoms with Gasteiger partial charge in [0.2, 0.25) is 0 Å². The first-order valence-corrected chi connectivity index (χ1v) is 3.84. The summed E-state index contributed by atoms with van der Waals surface area (Å²) in [6.45, 7) is 3.76. The molecule has 0 saturated heterocycles. The van der Waals surface area contributed by atoms with Gasteiger partial charge in [0.15, 0.2) is 0 Å². The van der Waals surface area contributed by atoms with E-state index in [4.69, 9.17) is 0 Å². The highest BCUT2D eigenvalue weighted by atomic mass is 19.3. The van der Waals surface area contributed by atoms with E-state index in [2.05, 4.69) is 5.10 Å². The van der Waals surface area contributed by atoms with Gasteiger partial charge in [-0.3, -0.25) is 4.68 Å². The summed E-state index contributed by atoms with van der Waals surface area (Å²) in [7, 11) is 1.54. The molecule has 0 aromatic carbocycles. The lowest BCUT2D eigenvalue weighted by atomic mass is 10.0. The van der Waals surface area contributed by atoms with E-state index in [1.807, 2.05) is 13.8 Å². The molecule has 0 aliphatic rings. The van der Waals surface area contributed by atoms with Crippen molar-refractivity contribution in [2.24, 2.45) is 7.05 Å². The lowest BCUT2D eigenvalue weighted by Gasteiger charge is -2.06. The van der Waals surface area contributed by atoms with Crippen LogP contribution in [0.5, 0.6) is 0 Å². The SMILES string of the molecule is CC(C)c1cnn(C)c1C(F)F. The van der Waals surface area contributed by atoms with Crippen LogP contribution < -0.4 is 0 Å². The topological polar surface area (TPSA) is 17.8 Å². The van der Waals surface area contributed by atoms with Gasteiger partial charge in [0, 0.05) is 12.6 Å². The van der Waals surface area contributed by atoms with E-state index < -0.39 is 6.43 Å². The van der Waals surface area contributed by atoms with Gasteiger partial charge in [-0.15, -0.1) is 0 Å². The van der Waals surface area contributed by atoms with Gasteiger partial charge in [-0.2, -0.15) is 5.10 Å². The minimum absolute atomic E-state index is 0.0324. The minimum atomic E-state index is -2.44. The molecule has 0 aliphatic heterocycles. The Morgan fingerprint density at radius 2 is 2.00 bits per heavy atom. The highest BCUT2D eigenvalue weighted by Crippen LogP contribution is 2.27. The Morgan fingerprint density at radius 1 is 1.42 bits per heavy atom. The van der Waals surface area contributed by atoms with Gasteiger partial charge in [0.05, 0.1) is 6.20 Å². The van der Waals surface area contributed by atoms with Gasteiger partial charge < -0.3 is 0 Å². The number of alkyl halides is 2. The first kappa shape index (κ1) is 9.16. The Labute approximate surface area is 70.2 Å². The predicted octanol–water partition coefficient (Wildman–Crippen LogP) is 2.48. The molecule has 12 heavy (non-hydrogen) atoms. The zero-order valence-corrected chi connectivity index (χ0v) is 7.38. The lowest BCUT2D eigenvalue weighted by Crippen LogP contribution is -2.01. The van der Waals surface area contributed by atoms with Crippen LogP contribution in [0.2, 0.25) is 0 Å². The largest absolute Gasteiger partial charge is 0.280 e. The van der Waals surface area contributed by atoms with Crippen LogP contribution in [0.15, 0.2) is 6.20 Å². The van der Waals surface area contributed by atoms with E-state index in [1.165, 1.54) is 17.9 Å². The second-order valence-electron chi connectivity index (χ2n) is 3.06. The molecule has 0 saturated carbocycles. The maximum Gasteiger partial charge on any atom is 0.280 e. The third-order valence-corrected chi connectivity index (χ3v) is 1.84. The number of aromatic nitrogens is 2. The lowest BCUT2D eigenvalue weighted by molar-refractivity contribution is 0.139. The van der Waals surface area contributed by atoms with E-state index in [-0.39, 0.29) is 11.6 Å². The number of hydrogen-bond donors (Lipinski definition) is 0. The number of hydrogen-bond acceptors (Lipinski definition) is 1. The molecule has 0 unspecified atom stereocenters. The summed E-state index contributed by atoms with van der Waals surface area (Å²) >= 11 is 0. The van der Waals surface area contributed by atoms with Crippen molar-refractivity contribution in [1.29, 1.82) is 0 Å². The molecule has 1 aromatic heterocycles. The van der Waals surface area contributed by atoms with Crippen molar-refractivity contribution < 1.29 is 8.78 Å². The molecular formula is C8H12F2N2. The van der Waals surface area contributed by atoms with Crippen LogP contribution in [0.4, 0.5) is 8.78 Å². The number of halogens is 2. The summed E-state index contributed by atoms with van der Waals surface area (Å²) in [5.74, 6) is 0.0997. The average Bonchev–Trinajstić information content (AvgIpc) is 2.30. The normalized spacial score (nSPS) is 11.6. The van der Waals surface area contributed by atoms with Gasteiger partial charge in [0.1, 0.15) is 5.69 Å². The fourth-order valence-electron chi connectivity index (χ4n) is 1.18. The number of rotatable bonds is 2. The monoisotopic (exact) mass is 174 g/mol. The minimum Gasteiger partial charge on any atom is -0.267 e. The molecule has 68 valence electrons. The van der Waals surface area contributed by atoms with Crippen LogP contribution in [-0.4, -0.2) is 9.78 Å². The van der Waals surface area contributed by atoms with Gasteiger partial charge in [-0.25, -0.2) is 8.78 Å². The maximum absolute atomic E-state index is 12.4. The van der Waals surface area contributed by atoms with Crippen molar-refractivity contribution >= 4 is 0 Å². The molecule has 0 amide bonds. The number of aryl methyl sites for hydroxylation is 1. The van der Waals surface area contributed by atoms with Crippen molar-refractivity contribution in [1.82, 2.24) is 9.78 Å². The summed E-state index contributed by atoms with van der Waals surface area (Å²) in [5, 5.41) is 3.80. The summed E-state index contributed by atoms with van der Waals surface area (Å²) in [5.41, 5.74) is 0.664. The van der Waals surface area contributed by atoms with Gasteiger partial charge in [-0.1, -0.05) is 13.8 Å². The molecular weight excluding hydrogens is 162 g/mol. The van der Waals surface area contributed by atoms with Gasteiger partial charge in [-0.05, 0) is 5.92 Å². The van der Waals surface area contributed by atoms with Crippen LogP contribution in [0.25, 0.3) is 0 Å². The maximum atomic E-state index is 12.4. The fourth-order valence-corrected chi connectivity index (χ4v) is 1.18. The van der Waals surface area contributed by atoms with Crippen LogP contribution >= 0.6 is 0 Å². The highest BCUT2D eigenvalue weighted by Gasteiger charge is 2.19. The third-order valence-electron chi connectivity index (χ3n) is 1.84. The standard InChI is InChI=1S/C8H12F2N2/c1-5(2)6-4-11-12(3)7(6)8(9)10/h4-5,8H,1-3H3. The van der Waals surface area contributed by atoms with Gasteiger partial charge in [0.25, 0.3) is 6.43 Å². The van der Waals surface area contributed by atoms with E-state index >= 15 is 0 Å². The quantitative estimate of drug-likeness (QED) is 0.673. The molecule has 0 aliphatic carbocycles. The van der Waals surface area contributed by atoms with Crippen LogP contribution in [-0.2, 0) is 7.05 Å². The zero-order chi connectivity index (χ0) is 9.30. The molecule has 4 heteroatoms. The van der Waals surface area contributed by atoms with Crippen molar-refractivity contribution in [3.63, 3.8) is 0 Å².